The van der Waals surface area contributed by atoms with Gasteiger partial charge in [-0.1, -0.05) is 46.0 Å². The van der Waals surface area contributed by atoms with Crippen LogP contribution in [0.1, 0.15) is 87.8 Å². The van der Waals surface area contributed by atoms with Gasteiger partial charge in [0.1, 0.15) is 22.9 Å². The van der Waals surface area contributed by atoms with Gasteiger partial charge in [0.2, 0.25) is 5.91 Å². The fourth-order valence-electron chi connectivity index (χ4n) is 4.87. The first-order chi connectivity index (χ1) is 15.7. The predicted octanol–water partition coefficient (Wildman–Crippen LogP) is 4.93. The molecule has 4 rings (SSSR count). The van der Waals surface area contributed by atoms with Crippen molar-refractivity contribution in [1.82, 2.24) is 15.1 Å². The minimum absolute atomic E-state index is 0.00915. The lowest BCUT2D eigenvalue weighted by atomic mass is 9.91. The minimum Gasteiger partial charge on any atom is -0.351 e. The second kappa shape index (κ2) is 9.23. The van der Waals surface area contributed by atoms with Crippen molar-refractivity contribution in [3.63, 3.8) is 0 Å². The van der Waals surface area contributed by atoms with Crippen LogP contribution in [0.3, 0.4) is 0 Å². The average Bonchev–Trinajstić information content (AvgIpc) is 3.15. The molecule has 33 heavy (non-hydrogen) atoms. The van der Waals surface area contributed by atoms with Crippen LogP contribution in [0.25, 0.3) is 0 Å². The van der Waals surface area contributed by atoms with E-state index in [9.17, 15) is 18.4 Å². The SMILES string of the molecule is CC(C)c1cc2n(n1)CC(C)(C(=O)NC1CCCCCCC1)N(c1ccc(F)cc1F)C2=O. The van der Waals surface area contributed by atoms with E-state index >= 15 is 0 Å². The Labute approximate surface area is 193 Å². The van der Waals surface area contributed by atoms with Crippen molar-refractivity contribution < 1.29 is 18.4 Å². The minimum atomic E-state index is -1.43. The van der Waals surface area contributed by atoms with E-state index in [-0.39, 0.29) is 30.1 Å². The molecule has 0 bridgehead atoms. The topological polar surface area (TPSA) is 67.2 Å². The predicted molar refractivity (Wildman–Crippen MR) is 122 cm³/mol. The molecule has 0 spiro atoms. The summed E-state index contributed by atoms with van der Waals surface area (Å²) in [6.07, 6.45) is 7.34. The Morgan fingerprint density at radius 1 is 1.12 bits per heavy atom. The summed E-state index contributed by atoms with van der Waals surface area (Å²) in [5.74, 6) is -2.42. The zero-order valence-electron chi connectivity index (χ0n) is 19.5. The van der Waals surface area contributed by atoms with Gasteiger partial charge in [0, 0.05) is 12.1 Å². The second-order valence-corrected chi connectivity index (χ2v) is 9.79. The first-order valence-corrected chi connectivity index (χ1v) is 11.9. The number of rotatable bonds is 4. The molecule has 8 heteroatoms. The summed E-state index contributed by atoms with van der Waals surface area (Å²) in [6, 6.07) is 4.76. The molecule has 1 atom stereocenters. The van der Waals surface area contributed by atoms with Gasteiger partial charge in [-0.05, 0) is 43.9 Å². The largest absolute Gasteiger partial charge is 0.351 e. The van der Waals surface area contributed by atoms with Crippen LogP contribution in [0.4, 0.5) is 14.5 Å². The summed E-state index contributed by atoms with van der Waals surface area (Å²) in [5, 5.41) is 7.69. The van der Waals surface area contributed by atoms with Gasteiger partial charge in [-0.25, -0.2) is 8.78 Å². The Morgan fingerprint density at radius 2 is 1.79 bits per heavy atom. The lowest BCUT2D eigenvalue weighted by Gasteiger charge is -2.43. The molecule has 1 fully saturated rings. The molecule has 1 unspecified atom stereocenters. The van der Waals surface area contributed by atoms with Gasteiger partial charge in [0.15, 0.2) is 0 Å². The Balaban J connectivity index is 1.74. The number of fused-ring (bicyclic) bond motifs is 1. The van der Waals surface area contributed by atoms with Gasteiger partial charge >= 0.3 is 0 Å². The van der Waals surface area contributed by atoms with Crippen molar-refractivity contribution in [3.8, 4) is 0 Å². The first-order valence-electron chi connectivity index (χ1n) is 11.9. The molecule has 6 nitrogen and oxygen atoms in total. The number of nitrogens with one attached hydrogen (secondary N) is 1. The quantitative estimate of drug-likeness (QED) is 0.706. The van der Waals surface area contributed by atoms with E-state index in [4.69, 9.17) is 0 Å². The van der Waals surface area contributed by atoms with Crippen molar-refractivity contribution in [3.05, 3.63) is 47.3 Å². The molecular formula is C25H32F2N4O2. The molecule has 2 amide bonds. The van der Waals surface area contributed by atoms with E-state index in [1.165, 1.54) is 17.4 Å². The van der Waals surface area contributed by atoms with E-state index < -0.39 is 23.1 Å². The molecule has 1 aliphatic carbocycles. The number of benzene rings is 1. The van der Waals surface area contributed by atoms with Crippen molar-refractivity contribution in [2.75, 3.05) is 4.90 Å². The molecule has 1 aliphatic heterocycles. The molecule has 2 aromatic rings. The van der Waals surface area contributed by atoms with Crippen LogP contribution >= 0.6 is 0 Å². The van der Waals surface area contributed by atoms with Crippen LogP contribution in [0.5, 0.6) is 0 Å². The van der Waals surface area contributed by atoms with Crippen LogP contribution in [-0.2, 0) is 11.3 Å². The number of carbonyl (C=O) groups excluding carboxylic acids is 2. The zero-order valence-corrected chi connectivity index (χ0v) is 19.5. The smallest absolute Gasteiger partial charge is 0.277 e. The third kappa shape index (κ3) is 4.52. The lowest BCUT2D eigenvalue weighted by molar-refractivity contribution is -0.127. The number of hydrogen-bond donors (Lipinski definition) is 1. The van der Waals surface area contributed by atoms with E-state index in [0.717, 1.165) is 56.4 Å². The molecule has 1 aromatic heterocycles. The fourth-order valence-corrected chi connectivity index (χ4v) is 4.87. The first kappa shape index (κ1) is 23.4. The zero-order chi connectivity index (χ0) is 23.8. The maximum absolute atomic E-state index is 14.9. The van der Waals surface area contributed by atoms with Crippen molar-refractivity contribution in [1.29, 1.82) is 0 Å². The molecule has 2 heterocycles. The number of carbonyl (C=O) groups is 2. The Hall–Kier alpha value is -2.77. The highest BCUT2D eigenvalue weighted by atomic mass is 19.1. The lowest BCUT2D eigenvalue weighted by Crippen LogP contribution is -2.65. The van der Waals surface area contributed by atoms with E-state index in [2.05, 4.69) is 10.4 Å². The number of aromatic nitrogens is 2. The highest BCUT2D eigenvalue weighted by molar-refractivity contribution is 6.11. The van der Waals surface area contributed by atoms with Gasteiger partial charge in [-0.2, -0.15) is 5.10 Å². The molecule has 1 N–H and O–H groups in total. The van der Waals surface area contributed by atoms with Gasteiger partial charge in [-0.15, -0.1) is 0 Å². The van der Waals surface area contributed by atoms with Crippen molar-refractivity contribution in [2.24, 2.45) is 0 Å². The molecule has 1 aromatic carbocycles. The summed E-state index contributed by atoms with van der Waals surface area (Å²) >= 11 is 0. The van der Waals surface area contributed by atoms with Crippen LogP contribution in [0, 0.1) is 11.6 Å². The third-order valence-corrected chi connectivity index (χ3v) is 6.84. The van der Waals surface area contributed by atoms with E-state index in [1.54, 1.807) is 17.7 Å². The van der Waals surface area contributed by atoms with E-state index in [0.29, 0.717) is 5.69 Å². The fraction of sp³-hybridized carbons (Fsp3) is 0.560. The summed E-state index contributed by atoms with van der Waals surface area (Å²) in [4.78, 5) is 28.5. The molecule has 1 saturated carbocycles. The molecule has 0 saturated heterocycles. The Kier molecular flexibility index (Phi) is 6.54. The summed E-state index contributed by atoms with van der Waals surface area (Å²) < 4.78 is 30.1. The maximum atomic E-state index is 14.9. The number of hydrogen-bond acceptors (Lipinski definition) is 3. The van der Waals surface area contributed by atoms with E-state index in [1.807, 2.05) is 13.8 Å². The molecular weight excluding hydrogens is 426 g/mol. The summed E-state index contributed by atoms with van der Waals surface area (Å²) in [7, 11) is 0. The average molecular weight is 459 g/mol. The van der Waals surface area contributed by atoms with Crippen LogP contribution in [-0.4, -0.2) is 33.2 Å². The number of halogens is 2. The summed E-state index contributed by atoms with van der Waals surface area (Å²) in [5.41, 5.74) is -0.526. The molecule has 2 aliphatic rings. The van der Waals surface area contributed by atoms with Crippen LogP contribution in [0.15, 0.2) is 24.3 Å². The Bertz CT molecular complexity index is 1040. The maximum Gasteiger partial charge on any atom is 0.277 e. The van der Waals surface area contributed by atoms with Crippen molar-refractivity contribution >= 4 is 17.5 Å². The van der Waals surface area contributed by atoms with Crippen molar-refractivity contribution in [2.45, 2.75) is 89.8 Å². The molecule has 0 radical (unpaired) electrons. The number of amides is 2. The van der Waals surface area contributed by atoms with Gasteiger partial charge < -0.3 is 5.32 Å². The van der Waals surface area contributed by atoms with Crippen LogP contribution < -0.4 is 10.2 Å². The second-order valence-electron chi connectivity index (χ2n) is 9.79. The summed E-state index contributed by atoms with van der Waals surface area (Å²) in [6.45, 7) is 5.65. The van der Waals surface area contributed by atoms with Crippen LogP contribution in [0.2, 0.25) is 0 Å². The standard InChI is InChI=1S/C25H32F2N4O2/c1-16(2)20-14-22-23(32)31(21-12-11-17(26)13-19(21)27)25(3,15-30(22)29-20)24(33)28-18-9-7-5-4-6-8-10-18/h11-14,16,18H,4-10,15H2,1-3H3,(H,28,33). The number of anilines is 1. The molecule has 178 valence electrons. The normalized spacial score (nSPS) is 22.1. The Morgan fingerprint density at radius 3 is 2.42 bits per heavy atom. The third-order valence-electron chi connectivity index (χ3n) is 6.84. The van der Waals surface area contributed by atoms with Gasteiger partial charge in [0.05, 0.1) is 17.9 Å². The van der Waals surface area contributed by atoms with Gasteiger partial charge in [-0.3, -0.25) is 19.2 Å². The number of nitrogens with zero attached hydrogens (tertiary/aromatic N) is 3. The van der Waals surface area contributed by atoms with Gasteiger partial charge in [0.25, 0.3) is 5.91 Å². The highest BCUT2D eigenvalue weighted by Gasteiger charge is 2.50. The highest BCUT2D eigenvalue weighted by Crippen LogP contribution is 2.35. The monoisotopic (exact) mass is 458 g/mol.